The number of nitrogens with zero attached hydrogens (tertiary/aromatic N) is 2. The summed E-state index contributed by atoms with van der Waals surface area (Å²) in [5.74, 6) is -0.131. The zero-order valence-electron chi connectivity index (χ0n) is 13.3. The van der Waals surface area contributed by atoms with Gasteiger partial charge in [-0.15, -0.1) is 0 Å². The molecule has 8 heteroatoms. The van der Waals surface area contributed by atoms with Gasteiger partial charge in [0.05, 0.1) is 19.8 Å². The Hall–Kier alpha value is -2.19. The molecule has 0 unspecified atom stereocenters. The standard InChI is InChI=1S/C16H18FN3O3S/c1-2-23-16(21)13-14(20-7-9-22-10-8-20)19-24-15(13)18-12-5-3-11(17)4-6-12/h3-6,18H,2,7-10H2,1H3. The second-order valence-electron chi connectivity index (χ2n) is 5.16. The van der Waals surface area contributed by atoms with Crippen LogP contribution < -0.4 is 10.2 Å². The van der Waals surface area contributed by atoms with Crippen LogP contribution in [0.3, 0.4) is 0 Å². The van der Waals surface area contributed by atoms with Gasteiger partial charge < -0.3 is 19.7 Å². The summed E-state index contributed by atoms with van der Waals surface area (Å²) >= 11 is 1.18. The summed E-state index contributed by atoms with van der Waals surface area (Å²) in [4.78, 5) is 14.4. The molecule has 2 heterocycles. The summed E-state index contributed by atoms with van der Waals surface area (Å²) in [5, 5.41) is 3.71. The fourth-order valence-electron chi connectivity index (χ4n) is 2.41. The molecule has 0 bridgehead atoms. The van der Waals surface area contributed by atoms with Gasteiger partial charge in [0.2, 0.25) is 0 Å². The van der Waals surface area contributed by atoms with Crippen LogP contribution in [0.15, 0.2) is 24.3 Å². The zero-order chi connectivity index (χ0) is 16.9. The molecule has 1 aromatic heterocycles. The predicted molar refractivity (Wildman–Crippen MR) is 90.8 cm³/mol. The van der Waals surface area contributed by atoms with Gasteiger partial charge in [-0.1, -0.05) is 0 Å². The van der Waals surface area contributed by atoms with E-state index in [1.807, 2.05) is 4.90 Å². The lowest BCUT2D eigenvalue weighted by molar-refractivity contribution is 0.0527. The smallest absolute Gasteiger partial charge is 0.345 e. The highest BCUT2D eigenvalue weighted by molar-refractivity contribution is 7.11. The van der Waals surface area contributed by atoms with Gasteiger partial charge >= 0.3 is 5.97 Å². The normalized spacial score (nSPS) is 14.5. The molecular formula is C16H18FN3O3S. The Balaban J connectivity index is 1.91. The van der Waals surface area contributed by atoms with Crippen molar-refractivity contribution in [2.45, 2.75) is 6.92 Å². The molecule has 2 aromatic rings. The number of nitrogens with one attached hydrogen (secondary N) is 1. The average Bonchev–Trinajstić information content (AvgIpc) is 3.01. The maximum atomic E-state index is 13.1. The molecular weight excluding hydrogens is 333 g/mol. The lowest BCUT2D eigenvalue weighted by Crippen LogP contribution is -2.37. The molecule has 1 saturated heterocycles. The summed E-state index contributed by atoms with van der Waals surface area (Å²) in [5.41, 5.74) is 1.09. The number of aromatic nitrogens is 1. The first-order valence-corrected chi connectivity index (χ1v) is 8.48. The molecule has 128 valence electrons. The van der Waals surface area contributed by atoms with E-state index in [1.54, 1.807) is 19.1 Å². The van der Waals surface area contributed by atoms with E-state index in [1.165, 1.54) is 23.7 Å². The Bertz CT molecular complexity index is 699. The molecule has 0 atom stereocenters. The molecule has 0 amide bonds. The fraction of sp³-hybridized carbons (Fsp3) is 0.375. The minimum absolute atomic E-state index is 0.285. The third-order valence-electron chi connectivity index (χ3n) is 3.57. The number of anilines is 3. The Kier molecular flexibility index (Phi) is 5.27. The van der Waals surface area contributed by atoms with Crippen molar-refractivity contribution in [2.75, 3.05) is 43.1 Å². The van der Waals surface area contributed by atoms with Crippen molar-refractivity contribution >= 4 is 34.0 Å². The van der Waals surface area contributed by atoms with Gasteiger partial charge in [0.1, 0.15) is 16.4 Å². The number of esters is 1. The minimum atomic E-state index is -0.419. The average molecular weight is 351 g/mol. The van der Waals surface area contributed by atoms with Gasteiger partial charge in [-0.05, 0) is 42.7 Å². The third-order valence-corrected chi connectivity index (χ3v) is 4.32. The highest BCUT2D eigenvalue weighted by Gasteiger charge is 2.27. The summed E-state index contributed by atoms with van der Waals surface area (Å²) < 4.78 is 28.0. The Morgan fingerprint density at radius 3 is 2.75 bits per heavy atom. The van der Waals surface area contributed by atoms with Crippen molar-refractivity contribution in [1.82, 2.24) is 4.37 Å². The first-order chi connectivity index (χ1) is 11.7. The first kappa shape index (κ1) is 16.7. The van der Waals surface area contributed by atoms with Crippen LogP contribution in [-0.2, 0) is 9.47 Å². The van der Waals surface area contributed by atoms with Crippen molar-refractivity contribution in [1.29, 1.82) is 0 Å². The van der Waals surface area contributed by atoms with Crippen LogP contribution >= 0.6 is 11.5 Å². The van der Waals surface area contributed by atoms with Gasteiger partial charge in [-0.3, -0.25) is 0 Å². The summed E-state index contributed by atoms with van der Waals surface area (Å²) in [6, 6.07) is 5.93. The fourth-order valence-corrected chi connectivity index (χ4v) is 3.22. The number of benzene rings is 1. The lowest BCUT2D eigenvalue weighted by Gasteiger charge is -2.27. The molecule has 3 rings (SSSR count). The summed E-state index contributed by atoms with van der Waals surface area (Å²) in [7, 11) is 0. The van der Waals surface area contributed by atoms with Crippen LogP contribution in [0.5, 0.6) is 0 Å². The maximum absolute atomic E-state index is 13.1. The molecule has 1 N–H and O–H groups in total. The predicted octanol–water partition coefficient (Wildman–Crippen LogP) is 3.04. The molecule has 0 spiro atoms. The molecule has 0 saturated carbocycles. The van der Waals surface area contributed by atoms with E-state index in [0.29, 0.717) is 48.4 Å². The molecule has 1 fully saturated rings. The van der Waals surface area contributed by atoms with Crippen LogP contribution in [0.25, 0.3) is 0 Å². The highest BCUT2D eigenvalue weighted by atomic mass is 32.1. The number of rotatable bonds is 5. The van der Waals surface area contributed by atoms with Crippen LogP contribution in [0.2, 0.25) is 0 Å². The van der Waals surface area contributed by atoms with Gasteiger partial charge in [-0.25, -0.2) is 9.18 Å². The number of hydrogen-bond acceptors (Lipinski definition) is 7. The zero-order valence-corrected chi connectivity index (χ0v) is 14.1. The van der Waals surface area contributed by atoms with Gasteiger partial charge in [0.25, 0.3) is 0 Å². The molecule has 0 radical (unpaired) electrons. The summed E-state index contributed by atoms with van der Waals surface area (Å²) in [6.45, 7) is 4.59. The number of morpholine rings is 1. The molecule has 0 aliphatic carbocycles. The SMILES string of the molecule is CCOC(=O)c1c(N2CCOCC2)nsc1Nc1ccc(F)cc1. The van der Waals surface area contributed by atoms with Gasteiger partial charge in [0, 0.05) is 18.8 Å². The van der Waals surface area contributed by atoms with Gasteiger partial charge in [0.15, 0.2) is 5.82 Å². The van der Waals surface area contributed by atoms with E-state index < -0.39 is 5.97 Å². The van der Waals surface area contributed by atoms with E-state index in [9.17, 15) is 9.18 Å². The molecule has 6 nitrogen and oxygen atoms in total. The third kappa shape index (κ3) is 3.65. The Labute approximate surface area is 143 Å². The molecule has 1 aliphatic rings. The quantitative estimate of drug-likeness (QED) is 0.836. The molecule has 1 aromatic carbocycles. The number of halogens is 1. The molecule has 1 aliphatic heterocycles. The lowest BCUT2D eigenvalue weighted by atomic mass is 10.2. The van der Waals surface area contributed by atoms with Crippen molar-refractivity contribution < 1.29 is 18.7 Å². The van der Waals surface area contributed by atoms with Crippen LogP contribution in [0.4, 0.5) is 20.9 Å². The van der Waals surface area contributed by atoms with Gasteiger partial charge in [-0.2, -0.15) is 4.37 Å². The van der Waals surface area contributed by atoms with Crippen LogP contribution in [0.1, 0.15) is 17.3 Å². The van der Waals surface area contributed by atoms with E-state index >= 15 is 0 Å². The topological polar surface area (TPSA) is 63.7 Å². The van der Waals surface area contributed by atoms with Crippen LogP contribution in [-0.4, -0.2) is 43.3 Å². The van der Waals surface area contributed by atoms with E-state index in [2.05, 4.69) is 9.69 Å². The van der Waals surface area contributed by atoms with Crippen molar-refractivity contribution in [3.63, 3.8) is 0 Å². The number of carbonyl (C=O) groups excluding carboxylic acids is 1. The second kappa shape index (κ2) is 7.59. The van der Waals surface area contributed by atoms with E-state index in [0.717, 1.165) is 0 Å². The van der Waals surface area contributed by atoms with Crippen molar-refractivity contribution in [2.24, 2.45) is 0 Å². The monoisotopic (exact) mass is 351 g/mol. The van der Waals surface area contributed by atoms with Crippen molar-refractivity contribution in [3.05, 3.63) is 35.6 Å². The van der Waals surface area contributed by atoms with E-state index in [4.69, 9.17) is 9.47 Å². The number of ether oxygens (including phenoxy) is 2. The summed E-state index contributed by atoms with van der Waals surface area (Å²) in [6.07, 6.45) is 0. The van der Waals surface area contributed by atoms with Crippen LogP contribution in [0, 0.1) is 5.82 Å². The minimum Gasteiger partial charge on any atom is -0.462 e. The highest BCUT2D eigenvalue weighted by Crippen LogP contribution is 2.34. The van der Waals surface area contributed by atoms with Crippen molar-refractivity contribution in [3.8, 4) is 0 Å². The second-order valence-corrected chi connectivity index (χ2v) is 5.94. The van der Waals surface area contributed by atoms with E-state index in [-0.39, 0.29) is 12.4 Å². The largest absolute Gasteiger partial charge is 0.462 e. The first-order valence-electron chi connectivity index (χ1n) is 7.71. The number of hydrogen-bond donors (Lipinski definition) is 1. The number of carbonyl (C=O) groups is 1. The Morgan fingerprint density at radius 1 is 1.38 bits per heavy atom. The Morgan fingerprint density at radius 2 is 2.08 bits per heavy atom. The molecule has 24 heavy (non-hydrogen) atoms. The maximum Gasteiger partial charge on any atom is 0.345 e.